The first-order valence-corrected chi connectivity index (χ1v) is 11.3. The lowest BCUT2D eigenvalue weighted by Crippen LogP contribution is -2.53. The molecule has 4 aromatic rings. The highest BCUT2D eigenvalue weighted by atomic mass is 35.5. The van der Waals surface area contributed by atoms with Gasteiger partial charge in [0.15, 0.2) is 0 Å². The van der Waals surface area contributed by atoms with Gasteiger partial charge in [-0.15, -0.1) is 0 Å². The molecule has 0 saturated carbocycles. The van der Waals surface area contributed by atoms with E-state index in [-0.39, 0.29) is 12.1 Å². The Morgan fingerprint density at radius 2 is 1.94 bits per heavy atom. The minimum absolute atomic E-state index is 0.00710. The van der Waals surface area contributed by atoms with Crippen molar-refractivity contribution in [1.82, 2.24) is 29.2 Å². The highest BCUT2D eigenvalue weighted by molar-refractivity contribution is 6.30. The summed E-state index contributed by atoms with van der Waals surface area (Å²) in [4.78, 5) is 10.8. The molecule has 0 bridgehead atoms. The molecule has 10 heteroatoms. The van der Waals surface area contributed by atoms with Crippen LogP contribution in [0.3, 0.4) is 0 Å². The molecule has 1 N–H and O–H groups in total. The Kier molecular flexibility index (Phi) is 5.93. The molecule has 0 fully saturated rings. The molecule has 1 aliphatic rings. The molecule has 2 atom stereocenters. The number of halogens is 3. The van der Waals surface area contributed by atoms with Gasteiger partial charge in [0.2, 0.25) is 0 Å². The maximum atomic E-state index is 14.9. The van der Waals surface area contributed by atoms with E-state index in [4.69, 9.17) is 16.6 Å². The molecule has 0 aliphatic carbocycles. The fraction of sp³-hybridized carbons (Fsp3) is 0.292. The van der Waals surface area contributed by atoms with Crippen molar-refractivity contribution in [3.63, 3.8) is 0 Å². The average Bonchev–Trinajstić information content (AvgIpc) is 3.48. The van der Waals surface area contributed by atoms with Gasteiger partial charge >= 0.3 is 0 Å². The van der Waals surface area contributed by atoms with Crippen molar-refractivity contribution in [2.24, 2.45) is 0 Å². The fourth-order valence-corrected chi connectivity index (χ4v) is 4.63. The Labute approximate surface area is 200 Å². The van der Waals surface area contributed by atoms with Crippen molar-refractivity contribution in [2.45, 2.75) is 38.2 Å². The predicted octanol–water partition coefficient (Wildman–Crippen LogP) is 3.87. The number of hydrogen-bond acceptors (Lipinski definition) is 5. The second-order valence-corrected chi connectivity index (χ2v) is 8.97. The molecule has 34 heavy (non-hydrogen) atoms. The van der Waals surface area contributed by atoms with Crippen LogP contribution in [0.1, 0.15) is 18.3 Å². The SMILES string of the molecule is C[C@@H](N1CCn2cc(-c3ccc(Cl)cc3)nc2C1)[C@](O)(Cn1cncn1)c1ccc(F)cc1F. The van der Waals surface area contributed by atoms with Crippen LogP contribution in [0, 0.1) is 11.6 Å². The zero-order valence-electron chi connectivity index (χ0n) is 18.4. The van der Waals surface area contributed by atoms with E-state index in [2.05, 4.69) is 14.6 Å². The molecular weight excluding hydrogens is 462 g/mol. The Morgan fingerprint density at radius 1 is 1.15 bits per heavy atom. The van der Waals surface area contributed by atoms with Crippen molar-refractivity contribution in [1.29, 1.82) is 0 Å². The quantitative estimate of drug-likeness (QED) is 0.450. The van der Waals surface area contributed by atoms with E-state index in [1.165, 1.54) is 23.4 Å². The topological polar surface area (TPSA) is 72.0 Å². The van der Waals surface area contributed by atoms with Gasteiger partial charge in [-0.05, 0) is 25.1 Å². The summed E-state index contributed by atoms with van der Waals surface area (Å²) in [5.41, 5.74) is 0.109. The third kappa shape index (κ3) is 4.22. The molecule has 7 nitrogen and oxygen atoms in total. The summed E-state index contributed by atoms with van der Waals surface area (Å²) in [6.45, 7) is 3.52. The van der Waals surface area contributed by atoms with Gasteiger partial charge in [0, 0.05) is 47.5 Å². The second kappa shape index (κ2) is 8.90. The molecule has 0 radical (unpaired) electrons. The molecule has 3 heterocycles. The van der Waals surface area contributed by atoms with Crippen LogP contribution in [0.25, 0.3) is 11.3 Å². The monoisotopic (exact) mass is 484 g/mol. The van der Waals surface area contributed by atoms with Crippen molar-refractivity contribution in [3.8, 4) is 11.3 Å². The van der Waals surface area contributed by atoms with Crippen molar-refractivity contribution < 1.29 is 13.9 Å². The largest absolute Gasteiger partial charge is 0.381 e. The maximum Gasteiger partial charge on any atom is 0.137 e. The summed E-state index contributed by atoms with van der Waals surface area (Å²) in [5, 5.41) is 16.6. The first kappa shape index (κ1) is 22.6. The number of nitrogens with zero attached hydrogens (tertiary/aromatic N) is 6. The zero-order chi connectivity index (χ0) is 23.9. The van der Waals surface area contributed by atoms with E-state index in [9.17, 15) is 13.9 Å². The van der Waals surface area contributed by atoms with Crippen LogP contribution < -0.4 is 0 Å². The van der Waals surface area contributed by atoms with E-state index >= 15 is 0 Å². The molecule has 176 valence electrons. The van der Waals surface area contributed by atoms with Crippen molar-refractivity contribution in [3.05, 3.63) is 89.4 Å². The van der Waals surface area contributed by atoms with Crippen LogP contribution in [0.15, 0.2) is 61.3 Å². The number of fused-ring (bicyclic) bond motifs is 1. The maximum absolute atomic E-state index is 14.9. The summed E-state index contributed by atoms with van der Waals surface area (Å²) in [6.07, 6.45) is 4.81. The van der Waals surface area contributed by atoms with Gasteiger partial charge in [-0.1, -0.05) is 29.8 Å². The van der Waals surface area contributed by atoms with Crippen LogP contribution in [0.5, 0.6) is 0 Å². The summed E-state index contributed by atoms with van der Waals surface area (Å²) in [6, 6.07) is 10.2. The Hall–Kier alpha value is -3.14. The Morgan fingerprint density at radius 3 is 2.65 bits per heavy atom. The fourth-order valence-electron chi connectivity index (χ4n) is 4.51. The first-order chi connectivity index (χ1) is 16.3. The van der Waals surface area contributed by atoms with Gasteiger partial charge in [-0.3, -0.25) is 4.90 Å². The van der Waals surface area contributed by atoms with Gasteiger partial charge < -0.3 is 9.67 Å². The lowest BCUT2D eigenvalue weighted by molar-refractivity contribution is -0.0709. The smallest absolute Gasteiger partial charge is 0.137 e. The molecular formula is C24H23ClF2N6O. The minimum Gasteiger partial charge on any atom is -0.381 e. The van der Waals surface area contributed by atoms with Gasteiger partial charge in [0.25, 0.3) is 0 Å². The molecule has 1 aliphatic heterocycles. The minimum atomic E-state index is -1.70. The Balaban J connectivity index is 1.45. The number of imidazole rings is 1. The van der Waals surface area contributed by atoms with Gasteiger partial charge in [-0.25, -0.2) is 23.4 Å². The van der Waals surface area contributed by atoms with Crippen LogP contribution in [-0.4, -0.2) is 46.9 Å². The number of hydrogen-bond donors (Lipinski definition) is 1. The standard InChI is InChI=1S/C24H23ClF2N6O/c1-16(24(34,13-33-15-28-14-29-33)20-7-6-19(26)10-21(20)27)31-8-9-32-11-22(30-23(32)12-31)17-2-4-18(25)5-3-17/h2-7,10-11,14-16,34H,8-9,12-13H2,1H3/t16-,24-/m1/s1. The van der Waals surface area contributed by atoms with Gasteiger partial charge in [0.1, 0.15) is 35.7 Å². The Bertz CT molecular complexity index is 1290. The molecule has 0 amide bonds. The third-order valence-electron chi connectivity index (χ3n) is 6.48. The van der Waals surface area contributed by atoms with E-state index in [1.54, 1.807) is 0 Å². The zero-order valence-corrected chi connectivity index (χ0v) is 19.2. The van der Waals surface area contributed by atoms with Crippen LogP contribution in [0.2, 0.25) is 5.02 Å². The summed E-state index contributed by atoms with van der Waals surface area (Å²) in [7, 11) is 0. The second-order valence-electron chi connectivity index (χ2n) is 8.53. The molecule has 0 unspecified atom stereocenters. The normalized spacial score (nSPS) is 16.7. The highest BCUT2D eigenvalue weighted by Crippen LogP contribution is 2.34. The summed E-state index contributed by atoms with van der Waals surface area (Å²) < 4.78 is 32.0. The van der Waals surface area contributed by atoms with Crippen molar-refractivity contribution in [2.75, 3.05) is 6.54 Å². The van der Waals surface area contributed by atoms with E-state index < -0.39 is 23.3 Å². The number of aromatic nitrogens is 5. The molecule has 0 spiro atoms. The van der Waals surface area contributed by atoms with Gasteiger partial charge in [0.05, 0.1) is 18.8 Å². The lowest BCUT2D eigenvalue weighted by Gasteiger charge is -2.42. The lowest BCUT2D eigenvalue weighted by atomic mass is 9.85. The van der Waals surface area contributed by atoms with E-state index in [1.807, 2.05) is 42.3 Å². The van der Waals surface area contributed by atoms with Crippen LogP contribution in [0.4, 0.5) is 8.78 Å². The van der Waals surface area contributed by atoms with Crippen LogP contribution >= 0.6 is 11.6 Å². The van der Waals surface area contributed by atoms with Gasteiger partial charge in [-0.2, -0.15) is 5.10 Å². The molecule has 2 aromatic carbocycles. The predicted molar refractivity (Wildman–Crippen MR) is 123 cm³/mol. The van der Waals surface area contributed by atoms with E-state index in [0.29, 0.717) is 24.7 Å². The number of aliphatic hydroxyl groups is 1. The van der Waals surface area contributed by atoms with Crippen LogP contribution in [-0.2, 0) is 25.2 Å². The third-order valence-corrected chi connectivity index (χ3v) is 6.73. The molecule has 0 saturated heterocycles. The average molecular weight is 485 g/mol. The van der Waals surface area contributed by atoms with Crippen molar-refractivity contribution >= 4 is 11.6 Å². The highest BCUT2D eigenvalue weighted by Gasteiger charge is 2.43. The summed E-state index contributed by atoms with van der Waals surface area (Å²) in [5.74, 6) is -0.671. The number of rotatable bonds is 6. The van der Waals surface area contributed by atoms with E-state index in [0.717, 1.165) is 29.2 Å². The molecule has 5 rings (SSSR count). The first-order valence-electron chi connectivity index (χ1n) is 10.9. The molecule has 2 aromatic heterocycles. The number of benzene rings is 2. The summed E-state index contributed by atoms with van der Waals surface area (Å²) >= 11 is 6.00.